The summed E-state index contributed by atoms with van der Waals surface area (Å²) in [5.74, 6) is 3.36. The summed E-state index contributed by atoms with van der Waals surface area (Å²) in [5, 5.41) is 6.22. The standard InChI is InChI=1S/C13H25N5OS/c1-5-8-19-13-17-11(14-4)16-12(18-13)15-10(3)7-9-20-6-2/h10H,5-9H2,1-4H3,(H2,14,15,16,17,18). The minimum atomic E-state index is 0.320. The first-order valence-corrected chi connectivity index (χ1v) is 8.25. The fourth-order valence-corrected chi connectivity index (χ4v) is 2.30. The lowest BCUT2D eigenvalue weighted by Crippen LogP contribution is -2.19. The van der Waals surface area contributed by atoms with Gasteiger partial charge in [0.25, 0.3) is 0 Å². The second-order valence-electron chi connectivity index (χ2n) is 4.39. The van der Waals surface area contributed by atoms with Crippen molar-refractivity contribution in [2.75, 3.05) is 35.8 Å². The molecule has 20 heavy (non-hydrogen) atoms. The molecule has 2 N–H and O–H groups in total. The molecule has 0 radical (unpaired) electrons. The van der Waals surface area contributed by atoms with Crippen molar-refractivity contribution in [3.63, 3.8) is 0 Å². The van der Waals surface area contributed by atoms with E-state index in [0.717, 1.165) is 24.3 Å². The number of aromatic nitrogens is 3. The van der Waals surface area contributed by atoms with E-state index in [2.05, 4.69) is 39.4 Å². The highest BCUT2D eigenvalue weighted by Crippen LogP contribution is 2.13. The molecule has 0 amide bonds. The molecule has 0 spiro atoms. The Morgan fingerprint density at radius 3 is 2.60 bits per heavy atom. The third-order valence-corrected chi connectivity index (χ3v) is 3.48. The van der Waals surface area contributed by atoms with E-state index in [1.54, 1.807) is 7.05 Å². The van der Waals surface area contributed by atoms with Gasteiger partial charge < -0.3 is 15.4 Å². The van der Waals surface area contributed by atoms with Crippen LogP contribution >= 0.6 is 11.8 Å². The van der Waals surface area contributed by atoms with Gasteiger partial charge in [-0.05, 0) is 31.3 Å². The molecule has 0 aliphatic heterocycles. The van der Waals surface area contributed by atoms with E-state index in [-0.39, 0.29) is 0 Å². The van der Waals surface area contributed by atoms with E-state index in [4.69, 9.17) is 4.74 Å². The summed E-state index contributed by atoms with van der Waals surface area (Å²) in [4.78, 5) is 12.8. The third-order valence-electron chi connectivity index (χ3n) is 2.55. The van der Waals surface area contributed by atoms with Gasteiger partial charge >= 0.3 is 6.01 Å². The first-order valence-electron chi connectivity index (χ1n) is 7.10. The van der Waals surface area contributed by atoms with E-state index in [1.807, 2.05) is 18.7 Å². The second-order valence-corrected chi connectivity index (χ2v) is 5.79. The summed E-state index contributed by atoms with van der Waals surface area (Å²) in [5.41, 5.74) is 0. The maximum absolute atomic E-state index is 5.47. The van der Waals surface area contributed by atoms with Crippen LogP contribution in [0.4, 0.5) is 11.9 Å². The highest BCUT2D eigenvalue weighted by atomic mass is 32.2. The number of hydrogen-bond donors (Lipinski definition) is 2. The van der Waals surface area contributed by atoms with Gasteiger partial charge in [-0.25, -0.2) is 0 Å². The van der Waals surface area contributed by atoms with Gasteiger partial charge in [0.2, 0.25) is 11.9 Å². The zero-order valence-electron chi connectivity index (χ0n) is 12.8. The van der Waals surface area contributed by atoms with Crippen molar-refractivity contribution < 1.29 is 4.74 Å². The Bertz CT molecular complexity index is 391. The fraction of sp³-hybridized carbons (Fsp3) is 0.769. The van der Waals surface area contributed by atoms with Gasteiger partial charge in [-0.1, -0.05) is 13.8 Å². The summed E-state index contributed by atoms with van der Waals surface area (Å²) in [7, 11) is 1.78. The van der Waals surface area contributed by atoms with Gasteiger partial charge in [0.1, 0.15) is 0 Å². The maximum atomic E-state index is 5.47. The zero-order chi connectivity index (χ0) is 14.8. The van der Waals surface area contributed by atoms with Crippen LogP contribution in [0.3, 0.4) is 0 Å². The van der Waals surface area contributed by atoms with Crippen LogP contribution in [0.2, 0.25) is 0 Å². The Hall–Kier alpha value is -1.24. The molecular formula is C13H25N5OS. The average Bonchev–Trinajstić information content (AvgIpc) is 2.45. The van der Waals surface area contributed by atoms with Gasteiger partial charge in [-0.2, -0.15) is 26.7 Å². The summed E-state index contributed by atoms with van der Waals surface area (Å²) in [6.45, 7) is 6.96. The Kier molecular flexibility index (Phi) is 8.10. The van der Waals surface area contributed by atoms with Crippen LogP contribution in [-0.2, 0) is 0 Å². The first-order chi connectivity index (χ1) is 9.69. The molecule has 0 saturated carbocycles. The van der Waals surface area contributed by atoms with Crippen molar-refractivity contribution in [3.05, 3.63) is 0 Å². The predicted molar refractivity (Wildman–Crippen MR) is 85.9 cm³/mol. The van der Waals surface area contributed by atoms with Gasteiger partial charge in [0, 0.05) is 13.1 Å². The molecule has 1 aromatic rings. The normalized spacial score (nSPS) is 12.0. The maximum Gasteiger partial charge on any atom is 0.323 e. The molecule has 0 bridgehead atoms. The number of nitrogens with one attached hydrogen (secondary N) is 2. The fourth-order valence-electron chi connectivity index (χ4n) is 1.49. The number of hydrogen-bond acceptors (Lipinski definition) is 7. The van der Waals surface area contributed by atoms with E-state index in [0.29, 0.717) is 30.6 Å². The quantitative estimate of drug-likeness (QED) is 0.643. The van der Waals surface area contributed by atoms with Crippen LogP contribution in [0.25, 0.3) is 0 Å². The summed E-state index contributed by atoms with van der Waals surface area (Å²) >= 11 is 1.94. The summed E-state index contributed by atoms with van der Waals surface area (Å²) in [6, 6.07) is 0.684. The van der Waals surface area contributed by atoms with Crippen LogP contribution in [0.15, 0.2) is 0 Å². The van der Waals surface area contributed by atoms with Crippen molar-refractivity contribution in [3.8, 4) is 6.01 Å². The topological polar surface area (TPSA) is 72.0 Å². The molecule has 7 heteroatoms. The van der Waals surface area contributed by atoms with Crippen molar-refractivity contribution >= 4 is 23.7 Å². The molecule has 0 saturated heterocycles. The molecule has 0 aromatic carbocycles. The minimum Gasteiger partial charge on any atom is -0.463 e. The van der Waals surface area contributed by atoms with Gasteiger partial charge in [0.15, 0.2) is 0 Å². The molecule has 1 unspecified atom stereocenters. The average molecular weight is 299 g/mol. The van der Waals surface area contributed by atoms with Crippen molar-refractivity contribution in [1.29, 1.82) is 0 Å². The lowest BCUT2D eigenvalue weighted by atomic mass is 10.3. The Morgan fingerprint density at radius 1 is 1.20 bits per heavy atom. The predicted octanol–water partition coefficient (Wildman–Crippen LogP) is 2.65. The van der Waals surface area contributed by atoms with Crippen LogP contribution in [0.1, 0.15) is 33.6 Å². The van der Waals surface area contributed by atoms with E-state index < -0.39 is 0 Å². The van der Waals surface area contributed by atoms with Crippen LogP contribution in [-0.4, -0.2) is 46.2 Å². The number of nitrogens with zero attached hydrogens (tertiary/aromatic N) is 3. The molecule has 6 nitrogen and oxygen atoms in total. The zero-order valence-corrected chi connectivity index (χ0v) is 13.6. The van der Waals surface area contributed by atoms with Crippen LogP contribution in [0.5, 0.6) is 6.01 Å². The molecule has 0 aliphatic carbocycles. The van der Waals surface area contributed by atoms with Crippen LogP contribution < -0.4 is 15.4 Å². The minimum absolute atomic E-state index is 0.320. The number of anilines is 2. The summed E-state index contributed by atoms with van der Waals surface area (Å²) in [6.07, 6.45) is 2.00. The first kappa shape index (κ1) is 16.8. The number of thioether (sulfide) groups is 1. The van der Waals surface area contributed by atoms with Gasteiger partial charge in [0.05, 0.1) is 6.61 Å². The Morgan fingerprint density at radius 2 is 1.95 bits per heavy atom. The molecule has 1 aromatic heterocycles. The van der Waals surface area contributed by atoms with E-state index in [1.165, 1.54) is 0 Å². The lowest BCUT2D eigenvalue weighted by Gasteiger charge is -2.14. The van der Waals surface area contributed by atoms with Crippen molar-refractivity contribution in [2.45, 2.75) is 39.7 Å². The SMILES string of the molecule is CCCOc1nc(NC)nc(NC(C)CCSCC)n1. The molecule has 1 heterocycles. The largest absolute Gasteiger partial charge is 0.463 e. The highest BCUT2D eigenvalue weighted by Gasteiger charge is 2.09. The third kappa shape index (κ3) is 6.27. The van der Waals surface area contributed by atoms with Gasteiger partial charge in [-0.15, -0.1) is 0 Å². The van der Waals surface area contributed by atoms with E-state index in [9.17, 15) is 0 Å². The molecular weight excluding hydrogens is 274 g/mol. The molecule has 0 aliphatic rings. The monoisotopic (exact) mass is 299 g/mol. The summed E-state index contributed by atoms with van der Waals surface area (Å²) < 4.78 is 5.47. The second kappa shape index (κ2) is 9.63. The molecule has 1 atom stereocenters. The molecule has 1 rings (SSSR count). The van der Waals surface area contributed by atoms with Crippen LogP contribution in [0, 0.1) is 0 Å². The molecule has 114 valence electrons. The highest BCUT2D eigenvalue weighted by molar-refractivity contribution is 7.99. The van der Waals surface area contributed by atoms with Gasteiger partial charge in [-0.3, -0.25) is 0 Å². The molecule has 0 fully saturated rings. The van der Waals surface area contributed by atoms with Crippen molar-refractivity contribution in [2.24, 2.45) is 0 Å². The Balaban J connectivity index is 2.62. The number of ether oxygens (including phenoxy) is 1. The van der Waals surface area contributed by atoms with E-state index >= 15 is 0 Å². The smallest absolute Gasteiger partial charge is 0.323 e. The lowest BCUT2D eigenvalue weighted by molar-refractivity contribution is 0.292. The number of rotatable bonds is 10. The van der Waals surface area contributed by atoms with Crippen molar-refractivity contribution in [1.82, 2.24) is 15.0 Å². The Labute approximate surface area is 125 Å².